The maximum Gasteiger partial charge on any atom is 0.255 e. The van der Waals surface area contributed by atoms with Crippen LogP contribution in [0.3, 0.4) is 0 Å². The summed E-state index contributed by atoms with van der Waals surface area (Å²) in [5.74, 6) is -0.154. The number of pyridine rings is 1. The van der Waals surface area contributed by atoms with Crippen molar-refractivity contribution in [2.45, 2.75) is 66.0 Å². The summed E-state index contributed by atoms with van der Waals surface area (Å²) in [5, 5.41) is 2.88. The average molecular weight is 467 g/mol. The second-order valence-corrected chi connectivity index (χ2v) is 9.93. The van der Waals surface area contributed by atoms with Crippen LogP contribution in [0.2, 0.25) is 0 Å². The van der Waals surface area contributed by atoms with Crippen LogP contribution in [0.4, 0.5) is 10.1 Å². The van der Waals surface area contributed by atoms with Gasteiger partial charge in [-0.3, -0.25) is 19.5 Å². The van der Waals surface area contributed by atoms with Crippen LogP contribution in [0.15, 0.2) is 24.3 Å². The lowest BCUT2D eigenvalue weighted by atomic mass is 10.0. The van der Waals surface area contributed by atoms with Crippen molar-refractivity contribution in [3.63, 3.8) is 0 Å². The molecule has 1 N–H and O–H groups in total. The number of carbonyl (C=O) groups excluding carboxylic acids is 2. The van der Waals surface area contributed by atoms with Crippen LogP contribution in [0.1, 0.15) is 65.5 Å². The van der Waals surface area contributed by atoms with Crippen molar-refractivity contribution in [1.82, 2.24) is 14.8 Å². The van der Waals surface area contributed by atoms with E-state index in [0.717, 1.165) is 61.3 Å². The van der Waals surface area contributed by atoms with E-state index in [1.165, 1.54) is 6.07 Å². The topological polar surface area (TPSA) is 65.5 Å². The van der Waals surface area contributed by atoms with Crippen molar-refractivity contribution in [1.29, 1.82) is 0 Å². The van der Waals surface area contributed by atoms with E-state index in [-0.39, 0.29) is 23.7 Å². The SMILES string of the molecule is Cc1cc(C(=O)Nc2cc(F)cc(CN3CCN(C(=O)C4CCCC4)[C@@H](C)C3)c2C)cc(C)n1. The molecule has 1 aliphatic heterocycles. The van der Waals surface area contributed by atoms with Crippen LogP contribution in [0, 0.1) is 32.5 Å². The minimum Gasteiger partial charge on any atom is -0.337 e. The maximum absolute atomic E-state index is 14.5. The van der Waals surface area contributed by atoms with Crippen LogP contribution in [-0.2, 0) is 11.3 Å². The standard InChI is InChI=1S/C27H35FN4O2/c1-17-11-22(12-18(2)29-17)26(33)30-25-14-24(28)13-23(20(25)4)16-31-9-10-32(19(3)15-31)27(34)21-7-5-6-8-21/h11-14,19,21H,5-10,15-16H2,1-4H3,(H,30,33)/t19-/m0/s1. The highest BCUT2D eigenvalue weighted by Gasteiger charge is 2.33. The summed E-state index contributed by atoms with van der Waals surface area (Å²) in [5.41, 5.74) is 4.22. The van der Waals surface area contributed by atoms with E-state index in [1.807, 2.05) is 25.7 Å². The number of aryl methyl sites for hydroxylation is 2. The van der Waals surface area contributed by atoms with Crippen LogP contribution >= 0.6 is 0 Å². The second-order valence-electron chi connectivity index (χ2n) is 9.93. The Balaban J connectivity index is 1.44. The van der Waals surface area contributed by atoms with Crippen molar-refractivity contribution < 1.29 is 14.0 Å². The Labute approximate surface area is 201 Å². The van der Waals surface area contributed by atoms with Gasteiger partial charge in [0.15, 0.2) is 0 Å². The number of hydrogen-bond donors (Lipinski definition) is 1. The van der Waals surface area contributed by atoms with Gasteiger partial charge in [-0.25, -0.2) is 4.39 Å². The molecule has 1 atom stereocenters. The first kappa shape index (κ1) is 24.3. The molecule has 4 rings (SSSR count). The number of anilines is 1. The van der Waals surface area contributed by atoms with Gasteiger partial charge in [-0.1, -0.05) is 12.8 Å². The summed E-state index contributed by atoms with van der Waals surface area (Å²) in [7, 11) is 0. The van der Waals surface area contributed by atoms with Gasteiger partial charge in [0.1, 0.15) is 5.82 Å². The van der Waals surface area contributed by atoms with Crippen molar-refractivity contribution >= 4 is 17.5 Å². The Morgan fingerprint density at radius 3 is 2.38 bits per heavy atom. The lowest BCUT2D eigenvalue weighted by Gasteiger charge is -2.41. The minimum atomic E-state index is -0.374. The number of piperazine rings is 1. The average Bonchev–Trinajstić information content (AvgIpc) is 3.31. The second kappa shape index (κ2) is 10.2. The number of rotatable bonds is 5. The molecule has 2 aromatic rings. The molecule has 2 amide bonds. The lowest BCUT2D eigenvalue weighted by Crippen LogP contribution is -2.54. The molecule has 6 nitrogen and oxygen atoms in total. The van der Waals surface area contributed by atoms with Crippen molar-refractivity contribution in [3.8, 4) is 0 Å². The number of amides is 2. The zero-order valence-corrected chi connectivity index (χ0v) is 20.7. The minimum absolute atomic E-state index is 0.132. The summed E-state index contributed by atoms with van der Waals surface area (Å²) < 4.78 is 14.5. The van der Waals surface area contributed by atoms with Gasteiger partial charge >= 0.3 is 0 Å². The van der Waals surface area contributed by atoms with E-state index >= 15 is 0 Å². The van der Waals surface area contributed by atoms with Gasteiger partial charge in [0.25, 0.3) is 5.91 Å². The van der Waals surface area contributed by atoms with Gasteiger partial charge in [0, 0.05) is 60.8 Å². The van der Waals surface area contributed by atoms with Crippen LogP contribution < -0.4 is 5.32 Å². The molecule has 1 aromatic heterocycles. The fourth-order valence-corrected chi connectivity index (χ4v) is 5.34. The predicted molar refractivity (Wildman–Crippen MR) is 131 cm³/mol. The van der Waals surface area contributed by atoms with Gasteiger partial charge in [-0.2, -0.15) is 0 Å². The quantitative estimate of drug-likeness (QED) is 0.698. The largest absolute Gasteiger partial charge is 0.337 e. The Hall–Kier alpha value is -2.80. The highest BCUT2D eigenvalue weighted by atomic mass is 19.1. The van der Waals surface area contributed by atoms with E-state index in [9.17, 15) is 14.0 Å². The summed E-state index contributed by atoms with van der Waals surface area (Å²) >= 11 is 0. The molecule has 2 heterocycles. The summed E-state index contributed by atoms with van der Waals surface area (Å²) in [6.45, 7) is 10.5. The third-order valence-electron chi connectivity index (χ3n) is 7.16. The van der Waals surface area contributed by atoms with E-state index in [1.54, 1.807) is 18.2 Å². The molecule has 182 valence electrons. The van der Waals surface area contributed by atoms with Gasteiger partial charge in [-0.05, 0) is 75.9 Å². The van der Waals surface area contributed by atoms with E-state index in [0.29, 0.717) is 30.2 Å². The molecule has 1 aromatic carbocycles. The van der Waals surface area contributed by atoms with Gasteiger partial charge in [-0.15, -0.1) is 0 Å². The highest BCUT2D eigenvalue weighted by molar-refractivity contribution is 6.04. The van der Waals surface area contributed by atoms with Crippen LogP contribution in [0.5, 0.6) is 0 Å². The van der Waals surface area contributed by atoms with Gasteiger partial charge in [0.2, 0.25) is 5.91 Å². The third-order valence-corrected chi connectivity index (χ3v) is 7.16. The predicted octanol–water partition coefficient (Wildman–Crippen LogP) is 4.62. The summed E-state index contributed by atoms with van der Waals surface area (Å²) in [6.07, 6.45) is 4.34. The lowest BCUT2D eigenvalue weighted by molar-refractivity contribution is -0.140. The third kappa shape index (κ3) is 5.46. The summed E-state index contributed by atoms with van der Waals surface area (Å²) in [6, 6.07) is 6.51. The summed E-state index contributed by atoms with van der Waals surface area (Å²) in [4.78, 5) is 34.3. The first-order valence-corrected chi connectivity index (χ1v) is 12.3. The molecule has 7 heteroatoms. The molecule has 2 fully saturated rings. The molecule has 1 saturated heterocycles. The Morgan fingerprint density at radius 2 is 1.74 bits per heavy atom. The number of halogens is 1. The Morgan fingerprint density at radius 1 is 1.06 bits per heavy atom. The fraction of sp³-hybridized carbons (Fsp3) is 0.519. The van der Waals surface area contributed by atoms with E-state index < -0.39 is 0 Å². The molecule has 1 aliphatic carbocycles. The molecule has 1 saturated carbocycles. The molecule has 0 unspecified atom stereocenters. The molecule has 0 radical (unpaired) electrons. The van der Waals surface area contributed by atoms with Crippen molar-refractivity contribution in [2.24, 2.45) is 5.92 Å². The van der Waals surface area contributed by atoms with Crippen molar-refractivity contribution in [2.75, 3.05) is 25.0 Å². The zero-order chi connectivity index (χ0) is 24.4. The molecule has 34 heavy (non-hydrogen) atoms. The number of aromatic nitrogens is 1. The Kier molecular flexibility index (Phi) is 7.31. The van der Waals surface area contributed by atoms with Gasteiger partial charge < -0.3 is 10.2 Å². The van der Waals surface area contributed by atoms with Crippen LogP contribution in [0.25, 0.3) is 0 Å². The fourth-order valence-electron chi connectivity index (χ4n) is 5.34. The molecule has 0 spiro atoms. The van der Waals surface area contributed by atoms with Crippen LogP contribution in [-0.4, -0.2) is 52.3 Å². The smallest absolute Gasteiger partial charge is 0.255 e. The monoisotopic (exact) mass is 466 g/mol. The molecular weight excluding hydrogens is 431 g/mol. The molecular formula is C27H35FN4O2. The first-order chi connectivity index (χ1) is 16.2. The number of carbonyl (C=O) groups is 2. The van der Waals surface area contributed by atoms with E-state index in [2.05, 4.69) is 22.1 Å². The molecule has 0 bridgehead atoms. The Bertz CT molecular complexity index is 1060. The number of benzene rings is 1. The van der Waals surface area contributed by atoms with E-state index in [4.69, 9.17) is 0 Å². The maximum atomic E-state index is 14.5. The zero-order valence-electron chi connectivity index (χ0n) is 20.7. The normalized spacial score (nSPS) is 19.4. The van der Waals surface area contributed by atoms with Gasteiger partial charge in [0.05, 0.1) is 0 Å². The van der Waals surface area contributed by atoms with Crippen molar-refractivity contribution in [3.05, 3.63) is 58.2 Å². The number of hydrogen-bond acceptors (Lipinski definition) is 4. The number of nitrogens with one attached hydrogen (secondary N) is 1. The first-order valence-electron chi connectivity index (χ1n) is 12.3. The highest BCUT2D eigenvalue weighted by Crippen LogP contribution is 2.29. The molecule has 2 aliphatic rings. The number of nitrogens with zero attached hydrogens (tertiary/aromatic N) is 3.